The lowest BCUT2D eigenvalue weighted by atomic mass is 9.97. The van der Waals surface area contributed by atoms with Gasteiger partial charge in [0, 0.05) is 27.2 Å². The van der Waals surface area contributed by atoms with Crippen molar-refractivity contribution in [2.24, 2.45) is 0 Å². The van der Waals surface area contributed by atoms with E-state index >= 15 is 0 Å². The maximum Gasteiger partial charge on any atom is 0.211 e. The largest absolute Gasteiger partial charge is 0.318 e. The van der Waals surface area contributed by atoms with E-state index in [2.05, 4.69) is 123 Å². The minimum atomic E-state index is 0.494. The maximum atomic E-state index is 10.1. The fourth-order valence-corrected chi connectivity index (χ4v) is 7.43. The Balaban J connectivity index is 1.20. The molecule has 9 aromatic rings. The van der Waals surface area contributed by atoms with Gasteiger partial charge < -0.3 is 9.13 Å². The summed E-state index contributed by atoms with van der Waals surface area (Å²) in [4.78, 5) is 3.97. The van der Waals surface area contributed by atoms with Crippen molar-refractivity contribution in [2.45, 2.75) is 0 Å². The quantitative estimate of drug-likeness (QED) is 0.181. The molecule has 0 atom stereocenters. The van der Waals surface area contributed by atoms with Crippen molar-refractivity contribution in [3.63, 3.8) is 0 Å². The number of hydrogen-bond acceptors (Lipinski definition) is 2. The molecule has 0 fully saturated rings. The summed E-state index contributed by atoms with van der Waals surface area (Å²) in [5.41, 5.74) is 11.3. The average Bonchev–Trinajstić information content (AvgIpc) is 3.70. The zero-order chi connectivity index (χ0) is 33.8. The predicted molar refractivity (Wildman–Crippen MR) is 202 cm³/mol. The Morgan fingerprint density at radius 1 is 0.500 bits per heavy atom. The summed E-state index contributed by atoms with van der Waals surface area (Å²) < 4.78 is 4.39. The van der Waals surface area contributed by atoms with E-state index in [1.165, 1.54) is 21.8 Å². The van der Waals surface area contributed by atoms with Gasteiger partial charge in [0.05, 0.1) is 57.6 Å². The molecule has 0 aliphatic rings. The van der Waals surface area contributed by atoms with E-state index in [4.69, 9.17) is 6.57 Å². The monoisotopic (exact) mass is 635 g/mol. The number of aromatic nitrogens is 2. The number of fused-ring (bicyclic) bond motifs is 6. The summed E-state index contributed by atoms with van der Waals surface area (Å²) in [5, 5.41) is 23.8. The summed E-state index contributed by atoms with van der Waals surface area (Å²) >= 11 is 0. The smallest absolute Gasteiger partial charge is 0.211 e. The van der Waals surface area contributed by atoms with E-state index in [1.807, 2.05) is 42.5 Å². The van der Waals surface area contributed by atoms with Crippen molar-refractivity contribution in [3.05, 3.63) is 174 Å². The first-order valence-electron chi connectivity index (χ1n) is 16.3. The molecule has 0 spiro atoms. The van der Waals surface area contributed by atoms with Gasteiger partial charge in [-0.2, -0.15) is 10.5 Å². The molecular formula is C45H25N5. The first-order valence-corrected chi connectivity index (χ1v) is 16.3. The highest BCUT2D eigenvalue weighted by atomic mass is 15.0. The van der Waals surface area contributed by atoms with Gasteiger partial charge in [-0.1, -0.05) is 91.0 Å². The summed E-state index contributed by atoms with van der Waals surface area (Å²) in [7, 11) is 0. The van der Waals surface area contributed by atoms with Gasteiger partial charge in [0.1, 0.15) is 0 Å². The van der Waals surface area contributed by atoms with Gasteiger partial charge in [0.2, 0.25) is 5.69 Å². The molecule has 0 bridgehead atoms. The van der Waals surface area contributed by atoms with Crippen molar-refractivity contribution in [1.82, 2.24) is 9.13 Å². The second-order valence-electron chi connectivity index (χ2n) is 12.3. The number of nitrogens with zero attached hydrogens (tertiary/aromatic N) is 5. The topological polar surface area (TPSA) is 61.8 Å². The fraction of sp³-hybridized carbons (Fsp3) is 0. The molecule has 0 aliphatic carbocycles. The molecule has 2 aromatic heterocycles. The van der Waals surface area contributed by atoms with E-state index in [9.17, 15) is 10.5 Å². The van der Waals surface area contributed by atoms with Gasteiger partial charge >= 0.3 is 0 Å². The highest BCUT2D eigenvalue weighted by molar-refractivity contribution is 6.13. The number of hydrogen-bond donors (Lipinski definition) is 0. The first-order chi connectivity index (χ1) is 24.7. The van der Waals surface area contributed by atoms with Crippen LogP contribution < -0.4 is 0 Å². The zero-order valence-corrected chi connectivity index (χ0v) is 26.7. The van der Waals surface area contributed by atoms with Crippen molar-refractivity contribution in [3.8, 4) is 45.8 Å². The molecule has 0 saturated carbocycles. The third-order valence-corrected chi connectivity index (χ3v) is 9.61. The molecule has 50 heavy (non-hydrogen) atoms. The second kappa shape index (κ2) is 11.4. The molecule has 5 heteroatoms. The van der Waals surface area contributed by atoms with Crippen LogP contribution in [0.5, 0.6) is 0 Å². The summed E-state index contributed by atoms with van der Waals surface area (Å²) in [6, 6.07) is 55.7. The van der Waals surface area contributed by atoms with Crippen LogP contribution in [0, 0.1) is 29.2 Å². The third-order valence-electron chi connectivity index (χ3n) is 9.61. The van der Waals surface area contributed by atoms with Crippen LogP contribution in [0.15, 0.2) is 152 Å². The summed E-state index contributed by atoms with van der Waals surface area (Å²) in [6.07, 6.45) is 0. The maximum absolute atomic E-state index is 10.1. The minimum absolute atomic E-state index is 0.494. The molecule has 0 amide bonds. The van der Waals surface area contributed by atoms with E-state index in [-0.39, 0.29) is 0 Å². The Labute approximate surface area is 288 Å². The zero-order valence-electron chi connectivity index (χ0n) is 26.7. The number of nitriles is 2. The number of rotatable bonds is 4. The minimum Gasteiger partial charge on any atom is -0.318 e. The molecule has 0 radical (unpaired) electrons. The Morgan fingerprint density at radius 2 is 1.16 bits per heavy atom. The molecular weight excluding hydrogens is 611 g/mol. The molecule has 230 valence electrons. The van der Waals surface area contributed by atoms with E-state index in [1.54, 1.807) is 12.1 Å². The molecule has 2 heterocycles. The van der Waals surface area contributed by atoms with E-state index in [0.717, 1.165) is 55.4 Å². The number of para-hydroxylation sites is 3. The standard InChI is InChI=1S/C45H25N5/c1-48-39-15-8-14-35(45(39)50-42-24-19-29(27-46)25-38(42)44-33(28-47)11-7-18-43(44)50)32-10-6-9-31(26-32)30-20-22-34(23-21-30)49-40-16-4-2-12-36(40)37-13-3-5-17-41(37)49/h2-26H. The van der Waals surface area contributed by atoms with Crippen LogP contribution in [0.25, 0.3) is 82.1 Å². The average molecular weight is 636 g/mol. The van der Waals surface area contributed by atoms with Gasteiger partial charge in [-0.05, 0) is 82.9 Å². The Hall–Kier alpha value is -7.39. The second-order valence-corrected chi connectivity index (χ2v) is 12.3. The van der Waals surface area contributed by atoms with Crippen molar-refractivity contribution >= 4 is 49.3 Å². The van der Waals surface area contributed by atoms with Crippen molar-refractivity contribution < 1.29 is 0 Å². The van der Waals surface area contributed by atoms with Gasteiger partial charge in [0.15, 0.2) is 0 Å². The van der Waals surface area contributed by atoms with Crippen LogP contribution in [0.1, 0.15) is 11.1 Å². The molecule has 0 aliphatic heterocycles. The lowest BCUT2D eigenvalue weighted by Crippen LogP contribution is -1.98. The van der Waals surface area contributed by atoms with Crippen LogP contribution in [-0.4, -0.2) is 9.13 Å². The van der Waals surface area contributed by atoms with Gasteiger partial charge in [-0.3, -0.25) is 0 Å². The third kappa shape index (κ3) is 4.31. The van der Waals surface area contributed by atoms with Crippen molar-refractivity contribution in [2.75, 3.05) is 0 Å². The van der Waals surface area contributed by atoms with E-state index < -0.39 is 0 Å². The molecule has 9 rings (SSSR count). The van der Waals surface area contributed by atoms with Crippen LogP contribution in [0.3, 0.4) is 0 Å². The first kappa shape index (κ1) is 28.8. The highest BCUT2D eigenvalue weighted by Crippen LogP contribution is 2.42. The SMILES string of the molecule is [C-]#[N+]c1cccc(-c2cccc(-c3ccc(-n4c5ccccc5c5ccccc54)cc3)c2)c1-n1c2ccc(C#N)cc2c2c(C#N)cccc21. The highest BCUT2D eigenvalue weighted by Gasteiger charge is 2.21. The Kier molecular flexibility index (Phi) is 6.56. The molecule has 5 nitrogen and oxygen atoms in total. The summed E-state index contributed by atoms with van der Waals surface area (Å²) in [5.74, 6) is 0. The lowest BCUT2D eigenvalue weighted by Gasteiger charge is -2.17. The molecule has 0 unspecified atom stereocenters. The molecule has 0 saturated heterocycles. The van der Waals surface area contributed by atoms with Gasteiger partial charge in [-0.15, -0.1) is 0 Å². The van der Waals surface area contributed by atoms with Crippen LogP contribution in [-0.2, 0) is 0 Å². The Morgan fingerprint density at radius 3 is 1.88 bits per heavy atom. The van der Waals surface area contributed by atoms with Gasteiger partial charge in [0.25, 0.3) is 0 Å². The molecule has 0 N–H and O–H groups in total. The van der Waals surface area contributed by atoms with Crippen molar-refractivity contribution in [1.29, 1.82) is 10.5 Å². The van der Waals surface area contributed by atoms with Crippen LogP contribution in [0.4, 0.5) is 5.69 Å². The van der Waals surface area contributed by atoms with Crippen LogP contribution in [0.2, 0.25) is 0 Å². The summed E-state index contributed by atoms with van der Waals surface area (Å²) in [6.45, 7) is 8.18. The Bertz CT molecular complexity index is 2900. The lowest BCUT2D eigenvalue weighted by molar-refractivity contribution is 1.18. The number of benzene rings is 7. The predicted octanol–water partition coefficient (Wildman–Crippen LogP) is 11.5. The van der Waals surface area contributed by atoms with Gasteiger partial charge in [-0.25, -0.2) is 4.85 Å². The van der Waals surface area contributed by atoms with E-state index in [0.29, 0.717) is 16.8 Å². The van der Waals surface area contributed by atoms with Crippen LogP contribution >= 0.6 is 0 Å². The fourth-order valence-electron chi connectivity index (χ4n) is 7.43. The molecule has 7 aromatic carbocycles. The normalized spacial score (nSPS) is 11.1.